The Morgan fingerprint density at radius 3 is 2.64 bits per heavy atom. The van der Waals surface area contributed by atoms with Crippen LogP contribution in [-0.2, 0) is 19.3 Å². The maximum Gasteiger partial charge on any atom is 0.0412 e. The summed E-state index contributed by atoms with van der Waals surface area (Å²) in [6.07, 6.45) is 13.4. The van der Waals surface area contributed by atoms with Gasteiger partial charge in [-0.05, 0) is 115 Å². The van der Waals surface area contributed by atoms with E-state index in [1.165, 1.54) is 83.0 Å². The lowest BCUT2D eigenvalue weighted by molar-refractivity contribution is 0.271. The number of nitrogens with one attached hydrogen (secondary N) is 1. The van der Waals surface area contributed by atoms with Gasteiger partial charge in [0.05, 0.1) is 0 Å². The highest BCUT2D eigenvalue weighted by Gasteiger charge is 2.19. The predicted molar refractivity (Wildman–Crippen MR) is 140 cm³/mol. The number of rotatable bonds is 3. The highest BCUT2D eigenvalue weighted by Crippen LogP contribution is 2.18. The summed E-state index contributed by atoms with van der Waals surface area (Å²) in [5, 5.41) is 6.29. The fraction of sp³-hybridized carbons (Fsp3) is 0.400. The van der Waals surface area contributed by atoms with Crippen LogP contribution in [0, 0.1) is 17.4 Å². The standard InChI is InChI=1S/C18H15Cl.C12H20N2/c19-14-7-10-16-13(11-14)6-9-17-15-4-2-1-3-12(15)5-8-18(16)17;1-10-5-6-12(13-10)7-9-14-8-3-4-11(14)2/h3,5-8,10-11H,1-2,4,9H2;5-6,11,13H,3-4,7-9H2,1-2H3. The quantitative estimate of drug-likeness (QED) is 0.554. The third-order valence-corrected chi connectivity index (χ3v) is 7.78. The molecular weight excluding hydrogens is 424 g/mol. The zero-order valence-electron chi connectivity index (χ0n) is 20.0. The molecule has 1 aromatic heterocycles. The molecule has 1 aliphatic heterocycles. The highest BCUT2D eigenvalue weighted by molar-refractivity contribution is 6.30. The topological polar surface area (TPSA) is 19.0 Å². The molecule has 0 spiro atoms. The van der Waals surface area contributed by atoms with Crippen molar-refractivity contribution in [3.8, 4) is 0 Å². The van der Waals surface area contributed by atoms with Crippen LogP contribution in [0.3, 0.4) is 0 Å². The number of nitrogens with zero attached hydrogens (tertiary/aromatic N) is 1. The van der Waals surface area contributed by atoms with Crippen LogP contribution in [-0.4, -0.2) is 29.0 Å². The Morgan fingerprint density at radius 2 is 1.85 bits per heavy atom. The largest absolute Gasteiger partial charge is 0.362 e. The smallest absolute Gasteiger partial charge is 0.0412 e. The van der Waals surface area contributed by atoms with E-state index in [-0.39, 0.29) is 0 Å². The van der Waals surface area contributed by atoms with Gasteiger partial charge in [0.1, 0.15) is 0 Å². The molecule has 2 aliphatic carbocycles. The molecule has 172 valence electrons. The van der Waals surface area contributed by atoms with Crippen LogP contribution in [0.25, 0.3) is 12.2 Å². The van der Waals surface area contributed by atoms with Crippen LogP contribution in [0.5, 0.6) is 0 Å². The molecule has 3 heteroatoms. The molecule has 2 nitrogen and oxygen atoms in total. The van der Waals surface area contributed by atoms with Crippen molar-refractivity contribution in [1.82, 2.24) is 9.88 Å². The summed E-state index contributed by atoms with van der Waals surface area (Å²) >= 11 is 6.09. The molecular formula is C30H35ClN2. The fourth-order valence-electron chi connectivity index (χ4n) is 5.68. The lowest BCUT2D eigenvalue weighted by atomic mass is 9.89. The number of benzene rings is 2. The third-order valence-electron chi connectivity index (χ3n) is 7.54. The number of fused-ring (bicyclic) bond motifs is 4. The van der Waals surface area contributed by atoms with E-state index in [0.717, 1.165) is 23.9 Å². The third kappa shape index (κ3) is 4.98. The maximum atomic E-state index is 6.09. The van der Waals surface area contributed by atoms with Crippen molar-refractivity contribution in [3.05, 3.63) is 90.9 Å². The normalized spacial score (nSPS) is 18.8. The molecule has 2 heterocycles. The predicted octanol–water partition coefficient (Wildman–Crippen LogP) is 5.43. The molecule has 1 saturated heterocycles. The number of halogens is 1. The average molecular weight is 459 g/mol. The SMILES string of the molecule is Cc1ccc(CCN2CCCC2C)[nH]1.Clc1ccc2c(c1)=CCc1c3c(ccc1=2)=CCCC3. The van der Waals surface area contributed by atoms with E-state index < -0.39 is 0 Å². The van der Waals surface area contributed by atoms with Crippen molar-refractivity contribution >= 4 is 23.8 Å². The van der Waals surface area contributed by atoms with Crippen molar-refractivity contribution < 1.29 is 0 Å². The lowest BCUT2D eigenvalue weighted by Gasteiger charge is -2.20. The Bertz CT molecular complexity index is 1350. The zero-order chi connectivity index (χ0) is 22.8. The van der Waals surface area contributed by atoms with Crippen LogP contribution < -0.4 is 10.4 Å². The molecule has 1 fully saturated rings. The summed E-state index contributed by atoms with van der Waals surface area (Å²) in [6, 6.07) is 16.0. The first-order valence-corrected chi connectivity index (χ1v) is 13.0. The minimum atomic E-state index is 0.797. The minimum absolute atomic E-state index is 0.797. The maximum absolute atomic E-state index is 6.09. The Morgan fingerprint density at radius 1 is 0.970 bits per heavy atom. The van der Waals surface area contributed by atoms with Gasteiger partial charge in [-0.15, -0.1) is 0 Å². The monoisotopic (exact) mass is 458 g/mol. The van der Waals surface area contributed by atoms with E-state index in [1.807, 2.05) is 6.07 Å². The van der Waals surface area contributed by atoms with Gasteiger partial charge in [-0.3, -0.25) is 0 Å². The van der Waals surface area contributed by atoms with Gasteiger partial charge in [0.25, 0.3) is 0 Å². The molecule has 6 rings (SSSR count). The first-order chi connectivity index (χ1) is 16.1. The van der Waals surface area contributed by atoms with E-state index in [9.17, 15) is 0 Å². The first-order valence-electron chi connectivity index (χ1n) is 12.6. The van der Waals surface area contributed by atoms with Crippen molar-refractivity contribution in [3.63, 3.8) is 0 Å². The van der Waals surface area contributed by atoms with Crippen molar-refractivity contribution in [2.75, 3.05) is 13.1 Å². The number of aryl methyl sites for hydroxylation is 1. The second-order valence-electron chi connectivity index (χ2n) is 9.84. The van der Waals surface area contributed by atoms with Gasteiger partial charge in [0.2, 0.25) is 0 Å². The lowest BCUT2D eigenvalue weighted by Crippen LogP contribution is -2.29. The van der Waals surface area contributed by atoms with E-state index in [4.69, 9.17) is 11.6 Å². The van der Waals surface area contributed by atoms with Gasteiger partial charge in [-0.2, -0.15) is 0 Å². The second-order valence-corrected chi connectivity index (χ2v) is 10.3. The van der Waals surface area contributed by atoms with Gasteiger partial charge < -0.3 is 9.88 Å². The minimum Gasteiger partial charge on any atom is -0.362 e. The molecule has 0 radical (unpaired) electrons. The van der Waals surface area contributed by atoms with Crippen LogP contribution in [0.1, 0.15) is 55.1 Å². The number of H-pyrrole nitrogens is 1. The Balaban J connectivity index is 0.000000146. The zero-order valence-corrected chi connectivity index (χ0v) is 20.7. The highest BCUT2D eigenvalue weighted by atomic mass is 35.5. The van der Waals surface area contributed by atoms with E-state index in [2.05, 4.69) is 72.3 Å². The molecule has 3 aromatic rings. The van der Waals surface area contributed by atoms with E-state index in [0.29, 0.717) is 0 Å². The van der Waals surface area contributed by atoms with Gasteiger partial charge >= 0.3 is 0 Å². The summed E-state index contributed by atoms with van der Waals surface area (Å²) in [6.45, 7) is 6.96. The number of aromatic amines is 1. The summed E-state index contributed by atoms with van der Waals surface area (Å²) in [7, 11) is 0. The van der Waals surface area contributed by atoms with Crippen LogP contribution >= 0.6 is 11.6 Å². The molecule has 3 aliphatic rings. The number of aromatic nitrogens is 1. The molecule has 1 atom stereocenters. The van der Waals surface area contributed by atoms with Gasteiger partial charge in [0, 0.05) is 35.4 Å². The molecule has 0 amide bonds. The Kier molecular flexibility index (Phi) is 6.76. The summed E-state index contributed by atoms with van der Waals surface area (Å²) in [5.74, 6) is 0. The summed E-state index contributed by atoms with van der Waals surface area (Å²) in [5.41, 5.74) is 5.75. The summed E-state index contributed by atoms with van der Waals surface area (Å²) in [4.78, 5) is 5.98. The van der Waals surface area contributed by atoms with Crippen LogP contribution in [0.4, 0.5) is 0 Å². The fourth-order valence-corrected chi connectivity index (χ4v) is 5.86. The van der Waals surface area contributed by atoms with Crippen molar-refractivity contribution in [2.24, 2.45) is 0 Å². The molecule has 0 saturated carbocycles. The van der Waals surface area contributed by atoms with Gasteiger partial charge in [0.15, 0.2) is 0 Å². The average Bonchev–Trinajstić information content (AvgIpc) is 3.44. The van der Waals surface area contributed by atoms with E-state index in [1.54, 1.807) is 5.56 Å². The van der Waals surface area contributed by atoms with Crippen LogP contribution in [0.2, 0.25) is 5.02 Å². The molecule has 1 N–H and O–H groups in total. The van der Waals surface area contributed by atoms with Gasteiger partial charge in [-0.1, -0.05) is 42.0 Å². The number of likely N-dealkylation sites (tertiary alicyclic amines) is 1. The number of hydrogen-bond donors (Lipinski definition) is 1. The van der Waals surface area contributed by atoms with E-state index >= 15 is 0 Å². The van der Waals surface area contributed by atoms with Crippen molar-refractivity contribution in [1.29, 1.82) is 0 Å². The Hall–Kier alpha value is -2.29. The molecule has 33 heavy (non-hydrogen) atoms. The molecule has 0 bridgehead atoms. The number of hydrogen-bond acceptors (Lipinski definition) is 1. The van der Waals surface area contributed by atoms with Crippen LogP contribution in [0.15, 0.2) is 42.5 Å². The Labute approximate surface area is 202 Å². The molecule has 1 unspecified atom stereocenters. The van der Waals surface area contributed by atoms with Crippen molar-refractivity contribution in [2.45, 2.75) is 64.8 Å². The molecule has 2 aromatic carbocycles. The first kappa shape index (κ1) is 22.5. The summed E-state index contributed by atoms with van der Waals surface area (Å²) < 4.78 is 0. The second kappa shape index (κ2) is 9.91. The van der Waals surface area contributed by atoms with Gasteiger partial charge in [-0.25, -0.2) is 0 Å².